The number of thiophene rings is 1. The van der Waals surface area contributed by atoms with E-state index in [0.717, 1.165) is 23.4 Å². The van der Waals surface area contributed by atoms with E-state index in [1.165, 1.54) is 23.3 Å². The molecule has 2 aromatic heterocycles. The van der Waals surface area contributed by atoms with Gasteiger partial charge in [-0.2, -0.15) is 0 Å². The minimum atomic E-state index is 0.351. The van der Waals surface area contributed by atoms with Crippen molar-refractivity contribution in [2.45, 2.75) is 39.2 Å². The molecule has 3 nitrogen and oxygen atoms in total. The van der Waals surface area contributed by atoms with Crippen LogP contribution in [0.3, 0.4) is 0 Å². The number of nitrogens with zero attached hydrogens (tertiary/aromatic N) is 2. The fourth-order valence-electron chi connectivity index (χ4n) is 2.51. The Hall–Kier alpha value is -1.13. The van der Waals surface area contributed by atoms with Gasteiger partial charge in [-0.3, -0.25) is 0 Å². The normalized spacial score (nSPS) is 18.2. The summed E-state index contributed by atoms with van der Waals surface area (Å²) in [7, 11) is 0. The summed E-state index contributed by atoms with van der Waals surface area (Å²) in [5.74, 6) is 0.853. The van der Waals surface area contributed by atoms with Gasteiger partial charge in [0.05, 0.1) is 6.04 Å². The minimum absolute atomic E-state index is 0.351. The Kier molecular flexibility index (Phi) is 3.46. The number of aryl methyl sites for hydroxylation is 1. The number of nitrogens with one attached hydrogen (secondary N) is 1. The highest BCUT2D eigenvalue weighted by atomic mass is 35.5. The van der Waals surface area contributed by atoms with Crippen LogP contribution >= 0.6 is 22.9 Å². The maximum Gasteiger partial charge on any atom is 0.155 e. The number of anilines is 1. The average molecular weight is 294 g/mol. The Morgan fingerprint density at radius 2 is 2.16 bits per heavy atom. The molecule has 0 fully saturated rings. The first-order valence-electron chi connectivity index (χ1n) is 6.49. The Labute approximate surface area is 122 Å². The lowest BCUT2D eigenvalue weighted by Crippen LogP contribution is -2.17. The van der Waals surface area contributed by atoms with Gasteiger partial charge in [-0.1, -0.05) is 11.6 Å². The summed E-state index contributed by atoms with van der Waals surface area (Å²) in [5.41, 5.74) is 3.51. The van der Waals surface area contributed by atoms with Crippen LogP contribution in [0.25, 0.3) is 0 Å². The van der Waals surface area contributed by atoms with E-state index in [9.17, 15) is 0 Å². The monoisotopic (exact) mass is 293 g/mol. The Morgan fingerprint density at radius 3 is 3.00 bits per heavy atom. The summed E-state index contributed by atoms with van der Waals surface area (Å²) in [5, 5.41) is 14.4. The lowest BCUT2D eigenvalue weighted by molar-refractivity contribution is 0.605. The van der Waals surface area contributed by atoms with Crippen molar-refractivity contribution in [3.05, 3.63) is 38.2 Å². The van der Waals surface area contributed by atoms with E-state index in [4.69, 9.17) is 11.6 Å². The van der Waals surface area contributed by atoms with Gasteiger partial charge in [0, 0.05) is 4.88 Å². The van der Waals surface area contributed by atoms with Crippen molar-refractivity contribution in [3.8, 4) is 0 Å². The molecule has 0 aromatic carbocycles. The van der Waals surface area contributed by atoms with Gasteiger partial charge < -0.3 is 5.32 Å². The zero-order valence-corrected chi connectivity index (χ0v) is 12.6. The van der Waals surface area contributed by atoms with Gasteiger partial charge in [0.25, 0.3) is 0 Å². The molecular formula is C14H16ClN3S. The molecule has 2 aromatic rings. The van der Waals surface area contributed by atoms with Crippen molar-refractivity contribution in [1.29, 1.82) is 0 Å². The van der Waals surface area contributed by atoms with E-state index in [2.05, 4.69) is 27.0 Å². The fraction of sp³-hybridized carbons (Fsp3) is 0.429. The van der Waals surface area contributed by atoms with Crippen LogP contribution in [0.1, 0.15) is 40.5 Å². The fourth-order valence-corrected chi connectivity index (χ4v) is 3.68. The SMILES string of the molecule is Cc1c(Cl)nnc(NC2CCCc3sccc32)c1C. The predicted octanol–water partition coefficient (Wildman–Crippen LogP) is 4.30. The topological polar surface area (TPSA) is 37.8 Å². The van der Waals surface area contributed by atoms with Gasteiger partial charge in [-0.25, -0.2) is 0 Å². The molecule has 1 atom stereocenters. The van der Waals surface area contributed by atoms with Crippen molar-refractivity contribution in [2.75, 3.05) is 5.32 Å². The van der Waals surface area contributed by atoms with E-state index in [0.29, 0.717) is 11.2 Å². The molecule has 0 spiro atoms. The first-order valence-corrected chi connectivity index (χ1v) is 7.74. The molecule has 2 heterocycles. The zero-order valence-electron chi connectivity index (χ0n) is 11.0. The molecule has 1 aliphatic carbocycles. The molecule has 0 saturated heterocycles. The molecule has 1 N–H and O–H groups in total. The van der Waals surface area contributed by atoms with Gasteiger partial charge in [0.1, 0.15) is 0 Å². The third-order valence-electron chi connectivity index (χ3n) is 3.83. The Morgan fingerprint density at radius 1 is 1.32 bits per heavy atom. The third-order valence-corrected chi connectivity index (χ3v) is 5.18. The van der Waals surface area contributed by atoms with Crippen LogP contribution in [0.4, 0.5) is 5.82 Å². The summed E-state index contributed by atoms with van der Waals surface area (Å²) in [6, 6.07) is 2.58. The maximum atomic E-state index is 5.99. The molecule has 0 saturated carbocycles. The lowest BCUT2D eigenvalue weighted by atomic mass is 9.94. The molecule has 1 aliphatic rings. The van der Waals surface area contributed by atoms with Crippen LogP contribution in [0.2, 0.25) is 5.15 Å². The highest BCUT2D eigenvalue weighted by Gasteiger charge is 2.22. The van der Waals surface area contributed by atoms with Gasteiger partial charge in [0.15, 0.2) is 11.0 Å². The molecule has 0 amide bonds. The maximum absolute atomic E-state index is 5.99. The van der Waals surface area contributed by atoms with Crippen LogP contribution in [-0.4, -0.2) is 10.2 Å². The molecule has 100 valence electrons. The second-order valence-corrected chi connectivity index (χ2v) is 6.34. The Balaban J connectivity index is 1.90. The number of halogens is 1. The van der Waals surface area contributed by atoms with Crippen molar-refractivity contribution >= 4 is 28.8 Å². The predicted molar refractivity (Wildman–Crippen MR) is 80.1 cm³/mol. The lowest BCUT2D eigenvalue weighted by Gasteiger charge is -2.25. The van der Waals surface area contributed by atoms with Gasteiger partial charge in [-0.15, -0.1) is 21.5 Å². The quantitative estimate of drug-likeness (QED) is 0.897. The number of fused-ring (bicyclic) bond motifs is 1. The van der Waals surface area contributed by atoms with Crippen molar-refractivity contribution in [3.63, 3.8) is 0 Å². The third kappa shape index (κ3) is 2.35. The van der Waals surface area contributed by atoms with E-state index in [1.807, 2.05) is 25.2 Å². The number of hydrogen-bond donors (Lipinski definition) is 1. The first kappa shape index (κ1) is 12.9. The van der Waals surface area contributed by atoms with Crippen LogP contribution in [0.5, 0.6) is 0 Å². The number of aromatic nitrogens is 2. The number of hydrogen-bond acceptors (Lipinski definition) is 4. The van der Waals surface area contributed by atoms with Gasteiger partial charge in [0.2, 0.25) is 0 Å². The second kappa shape index (κ2) is 5.10. The number of rotatable bonds is 2. The van der Waals surface area contributed by atoms with Crippen molar-refractivity contribution in [2.24, 2.45) is 0 Å². The second-order valence-electron chi connectivity index (χ2n) is 4.98. The first-order chi connectivity index (χ1) is 9.16. The molecule has 3 rings (SSSR count). The summed E-state index contributed by atoms with van der Waals surface area (Å²) >= 11 is 7.84. The molecular weight excluding hydrogens is 278 g/mol. The van der Waals surface area contributed by atoms with Crippen LogP contribution in [0.15, 0.2) is 11.4 Å². The average Bonchev–Trinajstić information content (AvgIpc) is 2.89. The van der Waals surface area contributed by atoms with Crippen molar-refractivity contribution in [1.82, 2.24) is 10.2 Å². The summed E-state index contributed by atoms with van der Waals surface area (Å²) in [6.07, 6.45) is 3.58. The van der Waals surface area contributed by atoms with Crippen LogP contribution < -0.4 is 5.32 Å². The van der Waals surface area contributed by atoms with E-state index in [1.54, 1.807) is 0 Å². The van der Waals surface area contributed by atoms with Crippen molar-refractivity contribution < 1.29 is 0 Å². The standard InChI is InChI=1S/C14H16ClN3S/c1-8-9(2)14(18-17-13(8)15)16-11-4-3-5-12-10(11)6-7-19-12/h6-7,11H,3-5H2,1-2H3,(H,16,18). The van der Waals surface area contributed by atoms with E-state index >= 15 is 0 Å². The molecule has 1 unspecified atom stereocenters. The summed E-state index contributed by atoms with van der Waals surface area (Å²) < 4.78 is 0. The Bertz CT molecular complexity index is 609. The van der Waals surface area contributed by atoms with E-state index < -0.39 is 0 Å². The van der Waals surface area contributed by atoms with E-state index in [-0.39, 0.29) is 0 Å². The zero-order chi connectivity index (χ0) is 13.4. The molecule has 0 radical (unpaired) electrons. The smallest absolute Gasteiger partial charge is 0.155 e. The van der Waals surface area contributed by atoms with Gasteiger partial charge >= 0.3 is 0 Å². The van der Waals surface area contributed by atoms with Gasteiger partial charge in [-0.05, 0) is 61.2 Å². The summed E-state index contributed by atoms with van der Waals surface area (Å²) in [4.78, 5) is 1.50. The highest BCUT2D eigenvalue weighted by molar-refractivity contribution is 7.10. The molecule has 0 bridgehead atoms. The van der Waals surface area contributed by atoms with Crippen LogP contribution in [0, 0.1) is 13.8 Å². The molecule has 19 heavy (non-hydrogen) atoms. The highest BCUT2D eigenvalue weighted by Crippen LogP contribution is 2.36. The minimum Gasteiger partial charge on any atom is -0.362 e. The largest absolute Gasteiger partial charge is 0.362 e. The van der Waals surface area contributed by atoms with Crippen LogP contribution in [-0.2, 0) is 6.42 Å². The molecule has 0 aliphatic heterocycles. The summed E-state index contributed by atoms with van der Waals surface area (Å²) in [6.45, 7) is 4.02. The molecule has 5 heteroatoms.